The van der Waals surface area contributed by atoms with Crippen molar-refractivity contribution in [3.05, 3.63) is 0 Å². The molecule has 0 aromatic heterocycles. The van der Waals surface area contributed by atoms with Crippen LogP contribution in [0.4, 0.5) is 4.79 Å². The SMILES string of the molecule is O=C1N[C@H]2[C@H](CS[C@H]2CCCC(C(=O)O)N2C(=O)CC(O)C2=O)N1. The van der Waals surface area contributed by atoms with Crippen LogP contribution in [0.1, 0.15) is 25.7 Å². The third kappa shape index (κ3) is 3.07. The highest BCUT2D eigenvalue weighted by Crippen LogP contribution is 2.33. The van der Waals surface area contributed by atoms with Gasteiger partial charge >= 0.3 is 12.0 Å². The third-order valence-electron chi connectivity index (χ3n) is 4.66. The second-order valence-electron chi connectivity index (χ2n) is 6.23. The maximum absolute atomic E-state index is 11.8. The molecular formula is C14H19N3O6S. The lowest BCUT2D eigenvalue weighted by Crippen LogP contribution is -2.46. The molecule has 0 aromatic carbocycles. The average Bonchev–Trinajstić information content (AvgIpc) is 3.11. The summed E-state index contributed by atoms with van der Waals surface area (Å²) in [5.74, 6) is -1.93. The number of fused-ring (bicyclic) bond motifs is 1. The van der Waals surface area contributed by atoms with Crippen molar-refractivity contribution in [2.45, 2.75) is 55.2 Å². The number of likely N-dealkylation sites (tertiary alicyclic amines) is 1. The van der Waals surface area contributed by atoms with Crippen LogP contribution in [-0.4, -0.2) is 74.2 Å². The van der Waals surface area contributed by atoms with Crippen molar-refractivity contribution < 1.29 is 29.4 Å². The Morgan fingerprint density at radius 1 is 1.33 bits per heavy atom. The number of aliphatic hydroxyl groups excluding tert-OH is 1. The van der Waals surface area contributed by atoms with Crippen LogP contribution in [0.5, 0.6) is 0 Å². The predicted molar refractivity (Wildman–Crippen MR) is 83.2 cm³/mol. The highest BCUT2D eigenvalue weighted by atomic mass is 32.2. The van der Waals surface area contributed by atoms with Gasteiger partial charge in [0.25, 0.3) is 5.91 Å². The number of aliphatic hydroxyl groups is 1. The standard InChI is InChI=1S/C14H19N3O6S/c18-8-4-10(19)17(12(8)20)7(13(21)22)2-1-3-9-11-6(5-24-9)15-14(23)16-11/h6-9,11,18H,1-5H2,(H,21,22)(H2,15,16,23)/t6-,7?,8?,9-,11-/m0/s1. The molecule has 4 N–H and O–H groups in total. The minimum atomic E-state index is -1.44. The van der Waals surface area contributed by atoms with E-state index in [0.29, 0.717) is 17.7 Å². The van der Waals surface area contributed by atoms with Gasteiger partial charge in [0, 0.05) is 11.0 Å². The summed E-state index contributed by atoms with van der Waals surface area (Å²) in [7, 11) is 0. The first-order valence-electron chi connectivity index (χ1n) is 7.84. The normalized spacial score (nSPS) is 33.4. The van der Waals surface area contributed by atoms with Crippen molar-refractivity contribution in [3.63, 3.8) is 0 Å². The number of carbonyl (C=O) groups excluding carboxylic acids is 3. The maximum Gasteiger partial charge on any atom is 0.326 e. The quantitative estimate of drug-likeness (QED) is 0.350. The van der Waals surface area contributed by atoms with Gasteiger partial charge in [0.15, 0.2) is 0 Å². The largest absolute Gasteiger partial charge is 0.480 e. The fourth-order valence-electron chi connectivity index (χ4n) is 3.48. The Hall–Kier alpha value is -1.81. The van der Waals surface area contributed by atoms with Gasteiger partial charge in [0.05, 0.1) is 18.5 Å². The minimum Gasteiger partial charge on any atom is -0.480 e. The zero-order valence-electron chi connectivity index (χ0n) is 12.8. The average molecular weight is 357 g/mol. The summed E-state index contributed by atoms with van der Waals surface area (Å²) < 4.78 is 0. The molecule has 0 aliphatic carbocycles. The molecule has 3 fully saturated rings. The van der Waals surface area contributed by atoms with E-state index in [2.05, 4.69) is 10.6 Å². The Bertz CT molecular complexity index is 585. The number of urea groups is 1. The van der Waals surface area contributed by atoms with E-state index in [-0.39, 0.29) is 36.2 Å². The van der Waals surface area contributed by atoms with Crippen LogP contribution in [0.3, 0.4) is 0 Å². The monoisotopic (exact) mass is 357 g/mol. The number of nitrogens with zero attached hydrogens (tertiary/aromatic N) is 1. The maximum atomic E-state index is 11.8. The summed E-state index contributed by atoms with van der Waals surface area (Å²) in [5, 5.41) is 24.6. The van der Waals surface area contributed by atoms with Crippen molar-refractivity contribution >= 4 is 35.6 Å². The van der Waals surface area contributed by atoms with Crippen LogP contribution in [0.25, 0.3) is 0 Å². The van der Waals surface area contributed by atoms with E-state index >= 15 is 0 Å². The fraction of sp³-hybridized carbons (Fsp3) is 0.714. The number of amides is 4. The second-order valence-corrected chi connectivity index (χ2v) is 7.50. The van der Waals surface area contributed by atoms with E-state index in [4.69, 9.17) is 0 Å². The van der Waals surface area contributed by atoms with Crippen molar-refractivity contribution in [2.75, 3.05) is 5.75 Å². The number of rotatable bonds is 6. The molecule has 0 aromatic rings. The molecule has 2 unspecified atom stereocenters. The number of hydrogen-bond acceptors (Lipinski definition) is 6. The summed E-state index contributed by atoms with van der Waals surface area (Å²) in [6.07, 6.45) is -0.486. The first kappa shape index (κ1) is 17.0. The number of carboxylic acids is 1. The molecule has 0 bridgehead atoms. The van der Waals surface area contributed by atoms with Crippen LogP contribution in [-0.2, 0) is 14.4 Å². The summed E-state index contributed by atoms with van der Waals surface area (Å²) >= 11 is 1.72. The molecule has 5 atom stereocenters. The van der Waals surface area contributed by atoms with E-state index < -0.39 is 29.9 Å². The molecule has 3 rings (SSSR count). The Labute approximate surface area is 142 Å². The van der Waals surface area contributed by atoms with Crippen LogP contribution >= 0.6 is 11.8 Å². The fourth-order valence-corrected chi connectivity index (χ4v) is 5.02. The van der Waals surface area contributed by atoms with E-state index in [1.54, 1.807) is 11.8 Å². The molecule has 3 heterocycles. The van der Waals surface area contributed by atoms with E-state index in [1.165, 1.54) is 0 Å². The van der Waals surface area contributed by atoms with Crippen molar-refractivity contribution in [1.82, 2.24) is 15.5 Å². The van der Waals surface area contributed by atoms with Crippen molar-refractivity contribution in [2.24, 2.45) is 0 Å². The smallest absolute Gasteiger partial charge is 0.326 e. The molecule has 132 valence electrons. The Morgan fingerprint density at radius 3 is 2.71 bits per heavy atom. The second kappa shape index (κ2) is 6.60. The van der Waals surface area contributed by atoms with Gasteiger partial charge < -0.3 is 20.8 Å². The number of thioether (sulfide) groups is 1. The Morgan fingerprint density at radius 2 is 2.08 bits per heavy atom. The predicted octanol–water partition coefficient (Wildman–Crippen LogP) is -1.10. The third-order valence-corrected chi connectivity index (χ3v) is 6.17. The molecule has 4 amide bonds. The molecule has 24 heavy (non-hydrogen) atoms. The van der Waals surface area contributed by atoms with Crippen LogP contribution < -0.4 is 10.6 Å². The van der Waals surface area contributed by atoms with Gasteiger partial charge in [-0.3, -0.25) is 14.5 Å². The summed E-state index contributed by atoms with van der Waals surface area (Å²) in [4.78, 5) is 47.0. The molecule has 3 aliphatic rings. The lowest BCUT2D eigenvalue weighted by atomic mass is 10.0. The molecule has 3 saturated heterocycles. The lowest BCUT2D eigenvalue weighted by molar-refractivity contribution is -0.155. The van der Waals surface area contributed by atoms with Gasteiger partial charge in [-0.15, -0.1) is 0 Å². The first-order chi connectivity index (χ1) is 11.4. The highest BCUT2D eigenvalue weighted by Gasteiger charge is 2.45. The molecule has 0 spiro atoms. The molecule has 0 saturated carbocycles. The first-order valence-corrected chi connectivity index (χ1v) is 8.88. The zero-order valence-corrected chi connectivity index (χ0v) is 13.6. The van der Waals surface area contributed by atoms with E-state index in [1.807, 2.05) is 0 Å². The molecule has 0 radical (unpaired) electrons. The highest BCUT2D eigenvalue weighted by molar-refractivity contribution is 8.00. The van der Waals surface area contributed by atoms with Gasteiger partial charge in [-0.25, -0.2) is 9.59 Å². The van der Waals surface area contributed by atoms with Gasteiger partial charge in [0.1, 0.15) is 12.1 Å². The van der Waals surface area contributed by atoms with Gasteiger partial charge in [-0.05, 0) is 19.3 Å². The van der Waals surface area contributed by atoms with Crippen LogP contribution in [0, 0.1) is 0 Å². The minimum absolute atomic E-state index is 0.0302. The number of imide groups is 1. The van der Waals surface area contributed by atoms with Crippen molar-refractivity contribution in [3.8, 4) is 0 Å². The summed E-state index contributed by atoms with van der Waals surface area (Å²) in [6, 6.07) is -1.30. The van der Waals surface area contributed by atoms with E-state index in [0.717, 1.165) is 5.75 Å². The number of carboxylic acid groups (broad SMARTS) is 1. The molecular weight excluding hydrogens is 338 g/mol. The van der Waals surface area contributed by atoms with Crippen molar-refractivity contribution in [1.29, 1.82) is 0 Å². The van der Waals surface area contributed by atoms with Gasteiger partial charge in [-0.2, -0.15) is 11.8 Å². The number of aliphatic carboxylic acids is 1. The topological polar surface area (TPSA) is 136 Å². The molecule has 10 heteroatoms. The van der Waals surface area contributed by atoms with Crippen LogP contribution in [0.15, 0.2) is 0 Å². The summed E-state index contributed by atoms with van der Waals surface area (Å²) in [6.45, 7) is 0. The number of carbonyl (C=O) groups is 4. The zero-order chi connectivity index (χ0) is 17.4. The number of hydrogen-bond donors (Lipinski definition) is 4. The molecule has 3 aliphatic heterocycles. The Balaban J connectivity index is 1.56. The van der Waals surface area contributed by atoms with E-state index in [9.17, 15) is 29.4 Å². The summed E-state index contributed by atoms with van der Waals surface area (Å²) in [5.41, 5.74) is 0. The Kier molecular flexibility index (Phi) is 4.68. The van der Waals surface area contributed by atoms with Gasteiger partial charge in [-0.1, -0.05) is 0 Å². The van der Waals surface area contributed by atoms with Crippen LogP contribution in [0.2, 0.25) is 0 Å². The lowest BCUT2D eigenvalue weighted by Gasteiger charge is -2.23. The molecule has 9 nitrogen and oxygen atoms in total. The van der Waals surface area contributed by atoms with Gasteiger partial charge in [0.2, 0.25) is 5.91 Å². The number of nitrogens with one attached hydrogen (secondary N) is 2.